The van der Waals surface area contributed by atoms with Gasteiger partial charge in [0.1, 0.15) is 0 Å². The highest BCUT2D eigenvalue weighted by Gasteiger charge is 2.04. The number of fused-ring (bicyclic) bond motifs is 1. The van der Waals surface area contributed by atoms with E-state index in [4.69, 9.17) is 4.74 Å². The predicted molar refractivity (Wildman–Crippen MR) is 55.8 cm³/mol. The molecule has 4 heteroatoms. The lowest BCUT2D eigenvalue weighted by Crippen LogP contribution is -2.12. The van der Waals surface area contributed by atoms with Crippen LogP contribution in [0.25, 0.3) is 10.9 Å². The molecule has 1 aromatic heterocycles. The summed E-state index contributed by atoms with van der Waals surface area (Å²) in [6.45, 7) is -0.0800. The smallest absolute Gasteiger partial charge is 0.343 e. The molecule has 2 rings (SSSR count). The third kappa shape index (κ3) is 2.10. The number of aromatic nitrogens is 1. The van der Waals surface area contributed by atoms with E-state index in [1.807, 2.05) is 30.3 Å². The van der Waals surface area contributed by atoms with E-state index >= 15 is 0 Å². The Morgan fingerprint density at radius 3 is 2.93 bits per heavy atom. The number of benzene rings is 1. The fraction of sp³-hybridized carbons (Fsp3) is 0.182. The molecule has 0 spiro atoms. The Balaban J connectivity index is 2.12. The molecule has 0 aliphatic rings. The molecule has 0 radical (unpaired) electrons. The molecule has 2 aromatic rings. The van der Waals surface area contributed by atoms with Crippen LogP contribution >= 0.6 is 0 Å². The molecular formula is C11H11NO3. The first-order chi connectivity index (χ1) is 7.29. The fourth-order valence-electron chi connectivity index (χ4n) is 1.32. The summed E-state index contributed by atoms with van der Waals surface area (Å²) >= 11 is 0. The SMILES string of the molecule is COC(=O)COc1cc2ccccc2[nH]1. The summed E-state index contributed by atoms with van der Waals surface area (Å²) in [5.41, 5.74) is 0.984. The number of ether oxygens (including phenoxy) is 2. The summed E-state index contributed by atoms with van der Waals surface area (Å²) < 4.78 is 9.68. The van der Waals surface area contributed by atoms with Gasteiger partial charge in [0.25, 0.3) is 0 Å². The van der Waals surface area contributed by atoms with Crippen LogP contribution in [-0.4, -0.2) is 24.7 Å². The summed E-state index contributed by atoms with van der Waals surface area (Å²) in [6.07, 6.45) is 0. The van der Waals surface area contributed by atoms with Gasteiger partial charge in [-0.15, -0.1) is 0 Å². The average Bonchev–Trinajstić information content (AvgIpc) is 2.68. The Morgan fingerprint density at radius 1 is 1.40 bits per heavy atom. The van der Waals surface area contributed by atoms with E-state index in [1.165, 1.54) is 7.11 Å². The fourth-order valence-corrected chi connectivity index (χ4v) is 1.32. The van der Waals surface area contributed by atoms with Crippen molar-refractivity contribution in [2.75, 3.05) is 13.7 Å². The van der Waals surface area contributed by atoms with Gasteiger partial charge in [-0.05, 0) is 6.07 Å². The molecule has 0 saturated carbocycles. The number of hydrogen-bond donors (Lipinski definition) is 1. The number of esters is 1. The molecule has 78 valence electrons. The van der Waals surface area contributed by atoms with Crippen molar-refractivity contribution in [3.05, 3.63) is 30.3 Å². The van der Waals surface area contributed by atoms with Crippen LogP contribution in [0.3, 0.4) is 0 Å². The number of hydrogen-bond acceptors (Lipinski definition) is 3. The maximum Gasteiger partial charge on any atom is 0.343 e. The Labute approximate surface area is 86.8 Å². The van der Waals surface area contributed by atoms with Crippen molar-refractivity contribution >= 4 is 16.9 Å². The monoisotopic (exact) mass is 205 g/mol. The second kappa shape index (κ2) is 4.04. The maximum absolute atomic E-state index is 10.8. The van der Waals surface area contributed by atoms with E-state index in [-0.39, 0.29) is 6.61 Å². The minimum absolute atomic E-state index is 0.0800. The number of methoxy groups -OCH3 is 1. The van der Waals surface area contributed by atoms with Gasteiger partial charge < -0.3 is 14.5 Å². The molecule has 4 nitrogen and oxygen atoms in total. The molecule has 15 heavy (non-hydrogen) atoms. The molecule has 0 atom stereocenters. The largest absolute Gasteiger partial charge is 0.467 e. The van der Waals surface area contributed by atoms with Crippen LogP contribution in [0.2, 0.25) is 0 Å². The molecule has 0 aliphatic carbocycles. The lowest BCUT2D eigenvalue weighted by atomic mass is 10.3. The number of H-pyrrole nitrogens is 1. The molecule has 0 bridgehead atoms. The Bertz CT molecular complexity index is 442. The van der Waals surface area contributed by atoms with Gasteiger partial charge in [0.05, 0.1) is 7.11 Å². The summed E-state index contributed by atoms with van der Waals surface area (Å²) in [6, 6.07) is 9.64. The highest BCUT2D eigenvalue weighted by atomic mass is 16.6. The van der Waals surface area contributed by atoms with Crippen molar-refractivity contribution in [2.45, 2.75) is 0 Å². The average molecular weight is 205 g/mol. The third-order valence-electron chi connectivity index (χ3n) is 2.08. The lowest BCUT2D eigenvalue weighted by Gasteiger charge is -2.00. The minimum atomic E-state index is -0.395. The lowest BCUT2D eigenvalue weighted by molar-refractivity contribution is -0.143. The van der Waals surface area contributed by atoms with Gasteiger partial charge >= 0.3 is 5.97 Å². The molecule has 1 aromatic carbocycles. The quantitative estimate of drug-likeness (QED) is 0.776. The van der Waals surface area contributed by atoms with Crippen LogP contribution in [0, 0.1) is 0 Å². The zero-order valence-electron chi connectivity index (χ0n) is 8.32. The molecule has 0 unspecified atom stereocenters. The van der Waals surface area contributed by atoms with Gasteiger partial charge in [-0.25, -0.2) is 4.79 Å². The van der Waals surface area contributed by atoms with Gasteiger partial charge in [0.2, 0.25) is 0 Å². The van der Waals surface area contributed by atoms with Crippen LogP contribution in [0.15, 0.2) is 30.3 Å². The van der Waals surface area contributed by atoms with Crippen molar-refractivity contribution in [1.82, 2.24) is 4.98 Å². The van der Waals surface area contributed by atoms with Crippen LogP contribution in [0.4, 0.5) is 0 Å². The normalized spacial score (nSPS) is 10.2. The predicted octanol–water partition coefficient (Wildman–Crippen LogP) is 1.72. The van der Waals surface area contributed by atoms with E-state index < -0.39 is 5.97 Å². The zero-order valence-corrected chi connectivity index (χ0v) is 8.32. The van der Waals surface area contributed by atoms with E-state index in [9.17, 15) is 4.79 Å². The van der Waals surface area contributed by atoms with Gasteiger partial charge in [0, 0.05) is 17.0 Å². The highest BCUT2D eigenvalue weighted by Crippen LogP contribution is 2.19. The highest BCUT2D eigenvalue weighted by molar-refractivity contribution is 5.81. The summed E-state index contributed by atoms with van der Waals surface area (Å²) in [5, 5.41) is 1.05. The summed E-state index contributed by atoms with van der Waals surface area (Å²) in [5.74, 6) is 0.176. The van der Waals surface area contributed by atoms with Crippen LogP contribution in [0.1, 0.15) is 0 Å². The standard InChI is InChI=1S/C11H11NO3/c1-14-11(13)7-15-10-6-8-4-2-3-5-9(8)12-10/h2-6,12H,7H2,1H3. The van der Waals surface area contributed by atoms with E-state index in [0.717, 1.165) is 10.9 Å². The van der Waals surface area contributed by atoms with Crippen molar-refractivity contribution in [1.29, 1.82) is 0 Å². The summed E-state index contributed by atoms with van der Waals surface area (Å²) in [4.78, 5) is 13.9. The molecule has 0 fully saturated rings. The van der Waals surface area contributed by atoms with E-state index in [0.29, 0.717) is 5.88 Å². The van der Waals surface area contributed by atoms with Crippen molar-refractivity contribution in [3.63, 3.8) is 0 Å². The maximum atomic E-state index is 10.8. The number of carbonyl (C=O) groups excluding carboxylic acids is 1. The van der Waals surface area contributed by atoms with Crippen LogP contribution < -0.4 is 4.74 Å². The van der Waals surface area contributed by atoms with Crippen LogP contribution in [0.5, 0.6) is 5.88 Å². The number of carbonyl (C=O) groups is 1. The van der Waals surface area contributed by atoms with Crippen molar-refractivity contribution < 1.29 is 14.3 Å². The third-order valence-corrected chi connectivity index (χ3v) is 2.08. The van der Waals surface area contributed by atoms with Gasteiger partial charge in [-0.1, -0.05) is 18.2 Å². The number of aromatic amines is 1. The Hall–Kier alpha value is -1.97. The first kappa shape index (κ1) is 9.58. The minimum Gasteiger partial charge on any atom is -0.467 e. The van der Waals surface area contributed by atoms with Crippen molar-refractivity contribution in [2.24, 2.45) is 0 Å². The van der Waals surface area contributed by atoms with Gasteiger partial charge in [-0.2, -0.15) is 0 Å². The second-order valence-corrected chi connectivity index (χ2v) is 3.09. The number of para-hydroxylation sites is 1. The molecule has 0 aliphatic heterocycles. The molecular weight excluding hydrogens is 194 g/mol. The zero-order chi connectivity index (χ0) is 10.7. The van der Waals surface area contributed by atoms with Gasteiger partial charge in [-0.3, -0.25) is 0 Å². The first-order valence-corrected chi connectivity index (χ1v) is 4.57. The molecule has 1 N–H and O–H groups in total. The van der Waals surface area contributed by atoms with E-state index in [1.54, 1.807) is 0 Å². The van der Waals surface area contributed by atoms with Gasteiger partial charge in [0.15, 0.2) is 12.5 Å². The Morgan fingerprint density at radius 2 is 2.20 bits per heavy atom. The number of rotatable bonds is 3. The van der Waals surface area contributed by atoms with E-state index in [2.05, 4.69) is 9.72 Å². The summed E-state index contributed by atoms with van der Waals surface area (Å²) in [7, 11) is 1.33. The van der Waals surface area contributed by atoms with Crippen molar-refractivity contribution in [3.8, 4) is 5.88 Å². The topological polar surface area (TPSA) is 51.3 Å². The Kier molecular flexibility index (Phi) is 2.58. The second-order valence-electron chi connectivity index (χ2n) is 3.09. The first-order valence-electron chi connectivity index (χ1n) is 4.57. The number of nitrogens with one attached hydrogen (secondary N) is 1. The molecule has 1 heterocycles. The molecule has 0 amide bonds. The molecule has 0 saturated heterocycles. The van der Waals surface area contributed by atoms with Crippen LogP contribution in [-0.2, 0) is 9.53 Å².